The normalized spacial score (nSPS) is 10.9. The smallest absolute Gasteiger partial charge is 0.131 e. The summed E-state index contributed by atoms with van der Waals surface area (Å²) in [5.41, 5.74) is 6.95. The molecule has 0 aliphatic heterocycles. The summed E-state index contributed by atoms with van der Waals surface area (Å²) in [6, 6.07) is 8.07. The van der Waals surface area contributed by atoms with Crippen molar-refractivity contribution in [2.75, 3.05) is 5.73 Å². The van der Waals surface area contributed by atoms with Gasteiger partial charge >= 0.3 is 0 Å². The van der Waals surface area contributed by atoms with E-state index in [0.29, 0.717) is 11.7 Å². The number of anilines is 1. The molecule has 0 aliphatic carbocycles. The lowest BCUT2D eigenvalue weighted by Gasteiger charge is -2.13. The lowest BCUT2D eigenvalue weighted by atomic mass is 10.1. The number of hydrogen-bond acceptors (Lipinski definition) is 4. The van der Waals surface area contributed by atoms with Crippen LogP contribution in [-0.2, 0) is 0 Å². The van der Waals surface area contributed by atoms with Crippen LogP contribution < -0.4 is 5.73 Å². The van der Waals surface area contributed by atoms with Gasteiger partial charge in [-0.05, 0) is 34.0 Å². The van der Waals surface area contributed by atoms with Gasteiger partial charge in [-0.3, -0.25) is 0 Å². The molecule has 0 amide bonds. The van der Waals surface area contributed by atoms with Crippen molar-refractivity contribution in [3.8, 4) is 0 Å². The standard InChI is InChI=1S/C13H14BrN3S/c1-8(2)11-12(15)16-7-17-13(11)18-10-6-4-3-5-9(10)14/h3-8H,1-2H3,(H2,15,16,17). The van der Waals surface area contributed by atoms with Gasteiger partial charge in [0.2, 0.25) is 0 Å². The van der Waals surface area contributed by atoms with Gasteiger partial charge in [-0.15, -0.1) is 0 Å². The molecule has 1 aromatic heterocycles. The molecule has 2 aromatic rings. The summed E-state index contributed by atoms with van der Waals surface area (Å²) >= 11 is 5.14. The van der Waals surface area contributed by atoms with E-state index in [2.05, 4.69) is 45.8 Å². The zero-order valence-electron chi connectivity index (χ0n) is 10.2. The maximum absolute atomic E-state index is 5.94. The van der Waals surface area contributed by atoms with E-state index in [-0.39, 0.29) is 0 Å². The van der Waals surface area contributed by atoms with E-state index in [1.165, 1.54) is 6.33 Å². The van der Waals surface area contributed by atoms with Crippen molar-refractivity contribution in [3.63, 3.8) is 0 Å². The first-order chi connectivity index (χ1) is 8.59. The van der Waals surface area contributed by atoms with E-state index in [1.807, 2.05) is 18.2 Å². The van der Waals surface area contributed by atoms with Crippen LogP contribution >= 0.6 is 27.7 Å². The highest BCUT2D eigenvalue weighted by atomic mass is 79.9. The zero-order valence-corrected chi connectivity index (χ0v) is 12.6. The number of rotatable bonds is 3. The van der Waals surface area contributed by atoms with Crippen LogP contribution in [0.15, 0.2) is 45.0 Å². The largest absolute Gasteiger partial charge is 0.383 e. The van der Waals surface area contributed by atoms with Gasteiger partial charge in [0.25, 0.3) is 0 Å². The molecule has 0 saturated carbocycles. The minimum absolute atomic E-state index is 0.302. The topological polar surface area (TPSA) is 51.8 Å². The van der Waals surface area contributed by atoms with Crippen molar-refractivity contribution in [2.24, 2.45) is 0 Å². The summed E-state index contributed by atoms with van der Waals surface area (Å²) in [5.74, 6) is 0.866. The van der Waals surface area contributed by atoms with Crippen molar-refractivity contribution >= 4 is 33.5 Å². The van der Waals surface area contributed by atoms with Gasteiger partial charge in [0.05, 0.1) is 0 Å². The Labute approximate surface area is 119 Å². The molecule has 0 bridgehead atoms. The van der Waals surface area contributed by atoms with Gasteiger partial charge in [-0.2, -0.15) is 0 Å². The Balaban J connectivity index is 2.41. The van der Waals surface area contributed by atoms with Gasteiger partial charge in [-0.25, -0.2) is 9.97 Å². The number of nitrogens with two attached hydrogens (primary N) is 1. The molecule has 2 N–H and O–H groups in total. The summed E-state index contributed by atoms with van der Waals surface area (Å²) < 4.78 is 1.06. The lowest BCUT2D eigenvalue weighted by molar-refractivity contribution is 0.808. The Morgan fingerprint density at radius 3 is 2.61 bits per heavy atom. The number of benzene rings is 1. The maximum atomic E-state index is 5.94. The highest BCUT2D eigenvalue weighted by molar-refractivity contribution is 9.10. The molecule has 1 heterocycles. The minimum atomic E-state index is 0.302. The highest BCUT2D eigenvalue weighted by Crippen LogP contribution is 2.37. The molecule has 18 heavy (non-hydrogen) atoms. The zero-order chi connectivity index (χ0) is 13.1. The molecule has 1 aromatic carbocycles. The average Bonchev–Trinajstić information content (AvgIpc) is 2.31. The predicted octanol–water partition coefficient (Wildman–Crippen LogP) is 4.10. The van der Waals surface area contributed by atoms with E-state index < -0.39 is 0 Å². The van der Waals surface area contributed by atoms with E-state index in [0.717, 1.165) is 20.0 Å². The molecule has 0 radical (unpaired) electrons. The number of halogens is 1. The molecule has 0 aliphatic rings. The molecular formula is C13H14BrN3S. The van der Waals surface area contributed by atoms with Crippen LogP contribution in [0.2, 0.25) is 0 Å². The Morgan fingerprint density at radius 2 is 1.94 bits per heavy atom. The summed E-state index contributed by atoms with van der Waals surface area (Å²) in [7, 11) is 0. The van der Waals surface area contributed by atoms with Crippen molar-refractivity contribution in [1.82, 2.24) is 9.97 Å². The number of nitrogen functional groups attached to an aromatic ring is 1. The first-order valence-electron chi connectivity index (χ1n) is 5.62. The van der Waals surface area contributed by atoms with E-state index >= 15 is 0 Å². The molecule has 0 unspecified atom stereocenters. The van der Waals surface area contributed by atoms with Gasteiger partial charge in [-0.1, -0.05) is 37.7 Å². The SMILES string of the molecule is CC(C)c1c(N)ncnc1Sc1ccccc1Br. The monoisotopic (exact) mass is 323 g/mol. The van der Waals surface area contributed by atoms with Gasteiger partial charge in [0, 0.05) is 14.9 Å². The minimum Gasteiger partial charge on any atom is -0.383 e. The third-order valence-electron chi connectivity index (χ3n) is 2.50. The molecule has 94 valence electrons. The van der Waals surface area contributed by atoms with Crippen LogP contribution in [-0.4, -0.2) is 9.97 Å². The van der Waals surface area contributed by atoms with E-state index in [1.54, 1.807) is 11.8 Å². The van der Waals surface area contributed by atoms with Crippen molar-refractivity contribution < 1.29 is 0 Å². The van der Waals surface area contributed by atoms with Crippen LogP contribution in [0.1, 0.15) is 25.3 Å². The Kier molecular flexibility index (Phi) is 4.24. The molecule has 0 fully saturated rings. The Hall–Kier alpha value is -1.07. The molecular weight excluding hydrogens is 310 g/mol. The lowest BCUT2D eigenvalue weighted by Crippen LogP contribution is -2.03. The fourth-order valence-corrected chi connectivity index (χ4v) is 3.25. The Morgan fingerprint density at radius 1 is 1.22 bits per heavy atom. The summed E-state index contributed by atoms with van der Waals surface area (Å²) in [4.78, 5) is 9.54. The van der Waals surface area contributed by atoms with Crippen LogP contribution in [0.4, 0.5) is 5.82 Å². The molecule has 3 nitrogen and oxygen atoms in total. The highest BCUT2D eigenvalue weighted by Gasteiger charge is 2.14. The Bertz CT molecular complexity index is 558. The van der Waals surface area contributed by atoms with Crippen molar-refractivity contribution in [3.05, 3.63) is 40.6 Å². The van der Waals surface area contributed by atoms with Crippen LogP contribution in [0.5, 0.6) is 0 Å². The van der Waals surface area contributed by atoms with E-state index in [9.17, 15) is 0 Å². The quantitative estimate of drug-likeness (QED) is 0.864. The second-order valence-electron chi connectivity index (χ2n) is 4.16. The van der Waals surface area contributed by atoms with Crippen LogP contribution in [0.3, 0.4) is 0 Å². The third kappa shape index (κ3) is 2.84. The summed E-state index contributed by atoms with van der Waals surface area (Å²) in [5, 5.41) is 0.921. The average molecular weight is 324 g/mol. The van der Waals surface area contributed by atoms with Crippen LogP contribution in [0, 0.1) is 0 Å². The first kappa shape index (κ1) is 13.4. The molecule has 0 atom stereocenters. The second-order valence-corrected chi connectivity index (χ2v) is 6.05. The predicted molar refractivity (Wildman–Crippen MR) is 78.8 cm³/mol. The van der Waals surface area contributed by atoms with Gasteiger partial charge in [0.15, 0.2) is 0 Å². The summed E-state index contributed by atoms with van der Waals surface area (Å²) in [6.45, 7) is 4.19. The number of nitrogens with zero attached hydrogens (tertiary/aromatic N) is 2. The fourth-order valence-electron chi connectivity index (χ4n) is 1.65. The third-order valence-corrected chi connectivity index (χ3v) is 4.55. The maximum Gasteiger partial charge on any atom is 0.131 e. The summed E-state index contributed by atoms with van der Waals surface area (Å²) in [6.07, 6.45) is 1.51. The molecule has 0 saturated heterocycles. The second kappa shape index (κ2) is 5.71. The molecule has 0 spiro atoms. The van der Waals surface area contributed by atoms with Gasteiger partial charge in [0.1, 0.15) is 17.2 Å². The number of aromatic nitrogens is 2. The van der Waals surface area contributed by atoms with Crippen LogP contribution in [0.25, 0.3) is 0 Å². The van der Waals surface area contributed by atoms with Crippen molar-refractivity contribution in [1.29, 1.82) is 0 Å². The molecule has 2 rings (SSSR count). The molecule has 5 heteroatoms. The van der Waals surface area contributed by atoms with Crippen molar-refractivity contribution in [2.45, 2.75) is 29.7 Å². The first-order valence-corrected chi connectivity index (χ1v) is 7.23. The number of hydrogen-bond donors (Lipinski definition) is 1. The van der Waals surface area contributed by atoms with Gasteiger partial charge < -0.3 is 5.73 Å². The fraction of sp³-hybridized carbons (Fsp3) is 0.231. The van der Waals surface area contributed by atoms with E-state index in [4.69, 9.17) is 5.73 Å².